The molecule has 0 aliphatic rings. The van der Waals surface area contributed by atoms with Crippen molar-refractivity contribution in [1.29, 1.82) is 0 Å². The normalized spacial score (nSPS) is 12.0. The number of aliphatic hydroxyl groups is 1. The summed E-state index contributed by atoms with van der Waals surface area (Å²) in [6.07, 6.45) is -0.835. The monoisotopic (exact) mass is 287 g/mol. The van der Waals surface area contributed by atoms with Gasteiger partial charge in [-0.2, -0.15) is 0 Å². The van der Waals surface area contributed by atoms with Gasteiger partial charge in [0.1, 0.15) is 12.4 Å². The van der Waals surface area contributed by atoms with Crippen LogP contribution in [-0.2, 0) is 6.61 Å². The van der Waals surface area contributed by atoms with Crippen LogP contribution in [0.1, 0.15) is 29.7 Å². The molecule has 0 saturated carbocycles. The lowest BCUT2D eigenvalue weighted by molar-refractivity contribution is -0.385. The summed E-state index contributed by atoms with van der Waals surface area (Å²) in [5.41, 5.74) is 2.51. The molecular weight excluding hydrogens is 270 g/mol. The highest BCUT2D eigenvalue weighted by Crippen LogP contribution is 2.29. The fourth-order valence-corrected chi connectivity index (χ4v) is 1.95. The van der Waals surface area contributed by atoms with E-state index in [2.05, 4.69) is 0 Å². The maximum Gasteiger partial charge on any atom is 0.270 e. The third kappa shape index (κ3) is 3.79. The Bertz CT molecular complexity index is 635. The third-order valence-electron chi connectivity index (χ3n) is 3.17. The minimum Gasteiger partial charge on any atom is -0.489 e. The van der Waals surface area contributed by atoms with Gasteiger partial charge in [-0.15, -0.1) is 0 Å². The second-order valence-corrected chi connectivity index (χ2v) is 4.93. The van der Waals surface area contributed by atoms with Gasteiger partial charge < -0.3 is 9.84 Å². The van der Waals surface area contributed by atoms with Crippen molar-refractivity contribution in [2.24, 2.45) is 0 Å². The highest BCUT2D eigenvalue weighted by Gasteiger charge is 2.15. The predicted octanol–water partition coefficient (Wildman–Crippen LogP) is 3.54. The molecule has 2 aromatic rings. The molecule has 0 spiro atoms. The van der Waals surface area contributed by atoms with Crippen molar-refractivity contribution in [2.75, 3.05) is 0 Å². The average Bonchev–Trinajstić information content (AvgIpc) is 2.46. The number of ether oxygens (including phenoxy) is 1. The van der Waals surface area contributed by atoms with Crippen LogP contribution in [0.5, 0.6) is 5.75 Å². The lowest BCUT2D eigenvalue weighted by Crippen LogP contribution is -2.02. The molecule has 2 rings (SSSR count). The van der Waals surface area contributed by atoms with E-state index in [9.17, 15) is 15.2 Å². The third-order valence-corrected chi connectivity index (χ3v) is 3.17. The largest absolute Gasteiger partial charge is 0.489 e. The van der Waals surface area contributed by atoms with Gasteiger partial charge in [-0.3, -0.25) is 10.1 Å². The van der Waals surface area contributed by atoms with Gasteiger partial charge in [0.15, 0.2) is 0 Å². The number of aryl methyl sites for hydroxylation is 1. The number of nitro benzene ring substituents is 1. The molecule has 1 unspecified atom stereocenters. The first-order chi connectivity index (χ1) is 9.97. The van der Waals surface area contributed by atoms with Gasteiger partial charge in [-0.25, -0.2) is 0 Å². The zero-order chi connectivity index (χ0) is 15.4. The number of benzene rings is 2. The molecule has 0 aliphatic heterocycles. The highest BCUT2D eigenvalue weighted by atomic mass is 16.6. The van der Waals surface area contributed by atoms with Gasteiger partial charge in [0.05, 0.1) is 11.0 Å². The summed E-state index contributed by atoms with van der Waals surface area (Å²) in [7, 11) is 0. The van der Waals surface area contributed by atoms with Crippen molar-refractivity contribution < 1.29 is 14.8 Å². The smallest absolute Gasteiger partial charge is 0.270 e. The molecule has 0 heterocycles. The second kappa shape index (κ2) is 6.37. The lowest BCUT2D eigenvalue weighted by Gasteiger charge is -2.13. The maximum atomic E-state index is 10.8. The molecule has 110 valence electrons. The Kier molecular flexibility index (Phi) is 4.55. The van der Waals surface area contributed by atoms with Crippen molar-refractivity contribution in [2.45, 2.75) is 26.6 Å². The Morgan fingerprint density at radius 1 is 1.24 bits per heavy atom. The minimum absolute atomic E-state index is 0.0615. The number of non-ortho nitro benzene ring substituents is 1. The number of nitro groups is 1. The van der Waals surface area contributed by atoms with Crippen molar-refractivity contribution in [3.8, 4) is 5.75 Å². The summed E-state index contributed by atoms with van der Waals surface area (Å²) >= 11 is 0. The number of aliphatic hydroxyl groups excluding tert-OH is 1. The van der Waals surface area contributed by atoms with Crippen LogP contribution in [0.25, 0.3) is 0 Å². The first kappa shape index (κ1) is 15.0. The van der Waals surface area contributed by atoms with Crippen molar-refractivity contribution >= 4 is 5.69 Å². The van der Waals surface area contributed by atoms with E-state index in [-0.39, 0.29) is 5.69 Å². The zero-order valence-electron chi connectivity index (χ0n) is 11.9. The molecule has 0 saturated heterocycles. The number of rotatable bonds is 5. The molecule has 0 radical (unpaired) electrons. The van der Waals surface area contributed by atoms with Crippen molar-refractivity contribution in [3.63, 3.8) is 0 Å². The van der Waals surface area contributed by atoms with Crippen LogP contribution >= 0.6 is 0 Å². The van der Waals surface area contributed by atoms with Crippen LogP contribution in [0.4, 0.5) is 5.69 Å². The van der Waals surface area contributed by atoms with Gasteiger partial charge >= 0.3 is 0 Å². The predicted molar refractivity (Wildman–Crippen MR) is 79.2 cm³/mol. The Labute approximate surface area is 123 Å². The molecule has 0 aliphatic carbocycles. The highest BCUT2D eigenvalue weighted by molar-refractivity contribution is 5.45. The number of nitrogens with zero attached hydrogens (tertiary/aromatic N) is 1. The maximum absolute atomic E-state index is 10.8. The van der Waals surface area contributed by atoms with E-state index in [1.54, 1.807) is 6.92 Å². The summed E-state index contributed by atoms with van der Waals surface area (Å²) in [6.45, 7) is 3.90. The van der Waals surface area contributed by atoms with Crippen LogP contribution in [0.2, 0.25) is 0 Å². The van der Waals surface area contributed by atoms with E-state index >= 15 is 0 Å². The summed E-state index contributed by atoms with van der Waals surface area (Å²) < 4.78 is 5.68. The summed E-state index contributed by atoms with van der Waals surface area (Å²) in [4.78, 5) is 10.3. The molecule has 0 fully saturated rings. The molecule has 5 heteroatoms. The fraction of sp³-hybridized carbons (Fsp3) is 0.250. The molecule has 0 bridgehead atoms. The lowest BCUT2D eigenvalue weighted by atomic mass is 10.1. The topological polar surface area (TPSA) is 72.6 Å². The molecule has 2 aromatic carbocycles. The molecule has 1 N–H and O–H groups in total. The first-order valence-corrected chi connectivity index (χ1v) is 6.62. The van der Waals surface area contributed by atoms with Gasteiger partial charge in [0, 0.05) is 17.7 Å². The second-order valence-electron chi connectivity index (χ2n) is 4.93. The standard InChI is InChI=1S/C16H17NO4/c1-11-3-5-13(6-4-11)10-21-16-8-7-14(17(19)20)9-15(16)12(2)18/h3-9,12,18H,10H2,1-2H3. The van der Waals surface area contributed by atoms with E-state index in [0.29, 0.717) is 17.9 Å². The van der Waals surface area contributed by atoms with Crippen LogP contribution in [0, 0.1) is 17.0 Å². The Morgan fingerprint density at radius 3 is 2.48 bits per heavy atom. The molecular formula is C16H17NO4. The van der Waals surface area contributed by atoms with Gasteiger partial charge in [0.2, 0.25) is 0 Å². The SMILES string of the molecule is Cc1ccc(COc2ccc([N+](=O)[O-])cc2C(C)O)cc1. The Morgan fingerprint density at radius 2 is 1.90 bits per heavy atom. The van der Waals surface area contributed by atoms with Gasteiger partial charge in [-0.1, -0.05) is 29.8 Å². The summed E-state index contributed by atoms with van der Waals surface area (Å²) in [6, 6.07) is 12.1. The van der Waals surface area contributed by atoms with Gasteiger partial charge in [-0.05, 0) is 25.5 Å². The van der Waals surface area contributed by atoms with E-state index in [1.807, 2.05) is 31.2 Å². The zero-order valence-corrected chi connectivity index (χ0v) is 11.9. The fourth-order valence-electron chi connectivity index (χ4n) is 1.95. The van der Waals surface area contributed by atoms with E-state index < -0.39 is 11.0 Å². The molecule has 0 aromatic heterocycles. The number of hydrogen-bond acceptors (Lipinski definition) is 4. The quantitative estimate of drug-likeness (QED) is 0.674. The average molecular weight is 287 g/mol. The van der Waals surface area contributed by atoms with Crippen LogP contribution < -0.4 is 4.74 Å². The van der Waals surface area contributed by atoms with Crippen molar-refractivity contribution in [3.05, 3.63) is 69.3 Å². The van der Waals surface area contributed by atoms with E-state index in [0.717, 1.165) is 5.56 Å². The van der Waals surface area contributed by atoms with E-state index in [4.69, 9.17) is 4.74 Å². The van der Waals surface area contributed by atoms with Crippen LogP contribution in [0.15, 0.2) is 42.5 Å². The Balaban J connectivity index is 2.19. The van der Waals surface area contributed by atoms with Crippen LogP contribution in [-0.4, -0.2) is 10.0 Å². The minimum atomic E-state index is -0.835. The van der Waals surface area contributed by atoms with Crippen LogP contribution in [0.3, 0.4) is 0 Å². The summed E-state index contributed by atoms with van der Waals surface area (Å²) in [5, 5.41) is 20.5. The number of hydrogen-bond donors (Lipinski definition) is 1. The summed E-state index contributed by atoms with van der Waals surface area (Å²) in [5.74, 6) is 0.455. The molecule has 1 atom stereocenters. The molecule has 21 heavy (non-hydrogen) atoms. The molecule has 0 amide bonds. The molecule has 5 nitrogen and oxygen atoms in total. The first-order valence-electron chi connectivity index (χ1n) is 6.62. The van der Waals surface area contributed by atoms with E-state index in [1.165, 1.54) is 23.8 Å². The van der Waals surface area contributed by atoms with Crippen molar-refractivity contribution in [1.82, 2.24) is 0 Å². The Hall–Kier alpha value is -2.40. The van der Waals surface area contributed by atoms with Gasteiger partial charge in [0.25, 0.3) is 5.69 Å².